The zero-order chi connectivity index (χ0) is 15.6. The van der Waals surface area contributed by atoms with E-state index < -0.39 is 0 Å². The zero-order valence-electron chi connectivity index (χ0n) is 14.5. The van der Waals surface area contributed by atoms with Crippen molar-refractivity contribution in [2.24, 2.45) is 5.73 Å². The summed E-state index contributed by atoms with van der Waals surface area (Å²) in [6.07, 6.45) is 21.9. The van der Waals surface area contributed by atoms with Crippen molar-refractivity contribution >= 4 is 6.29 Å². The summed E-state index contributed by atoms with van der Waals surface area (Å²) >= 11 is 0. The van der Waals surface area contributed by atoms with E-state index in [-0.39, 0.29) is 6.04 Å². The molecule has 0 amide bonds. The standard InChI is InChI=1S/C19H39NO/c1-2-3-4-5-6-7-8-9-10-11-12-13-14-15-16-19(20)17-18-21/h18-19H,2-17,20H2,1H3/t19-/m0/s1. The smallest absolute Gasteiger partial charge is 0.121 e. The van der Waals surface area contributed by atoms with Gasteiger partial charge in [0.1, 0.15) is 6.29 Å². The summed E-state index contributed by atoms with van der Waals surface area (Å²) in [6.45, 7) is 2.28. The Labute approximate surface area is 133 Å². The number of hydrogen-bond acceptors (Lipinski definition) is 2. The van der Waals surface area contributed by atoms with Crippen molar-refractivity contribution < 1.29 is 4.79 Å². The molecular weight excluding hydrogens is 258 g/mol. The Balaban J connectivity index is 3.01. The van der Waals surface area contributed by atoms with Crippen LogP contribution in [0, 0.1) is 0 Å². The Morgan fingerprint density at radius 3 is 1.48 bits per heavy atom. The number of aldehydes is 1. The van der Waals surface area contributed by atoms with Gasteiger partial charge in [-0.15, -0.1) is 0 Å². The molecule has 1 atom stereocenters. The lowest BCUT2D eigenvalue weighted by atomic mass is 10.0. The van der Waals surface area contributed by atoms with E-state index in [0.29, 0.717) is 6.42 Å². The van der Waals surface area contributed by atoms with Gasteiger partial charge in [0.05, 0.1) is 0 Å². The minimum absolute atomic E-state index is 0.0971. The molecule has 0 radical (unpaired) electrons. The van der Waals surface area contributed by atoms with Gasteiger partial charge in [0.2, 0.25) is 0 Å². The Morgan fingerprint density at radius 2 is 1.10 bits per heavy atom. The van der Waals surface area contributed by atoms with Crippen LogP contribution in [0.2, 0.25) is 0 Å². The first-order valence-corrected chi connectivity index (χ1v) is 9.50. The lowest BCUT2D eigenvalue weighted by Gasteiger charge is -2.07. The van der Waals surface area contributed by atoms with E-state index in [0.717, 1.165) is 12.7 Å². The molecule has 2 nitrogen and oxygen atoms in total. The number of carbonyl (C=O) groups is 1. The van der Waals surface area contributed by atoms with Gasteiger partial charge >= 0.3 is 0 Å². The molecule has 0 aromatic rings. The van der Waals surface area contributed by atoms with Gasteiger partial charge in [-0.05, 0) is 6.42 Å². The molecule has 0 aromatic carbocycles. The van der Waals surface area contributed by atoms with E-state index in [1.807, 2.05) is 0 Å². The van der Waals surface area contributed by atoms with Crippen LogP contribution in [-0.4, -0.2) is 12.3 Å². The lowest BCUT2D eigenvalue weighted by molar-refractivity contribution is -0.108. The molecule has 2 N–H and O–H groups in total. The van der Waals surface area contributed by atoms with Crippen LogP contribution in [0.5, 0.6) is 0 Å². The molecule has 0 fully saturated rings. The van der Waals surface area contributed by atoms with Gasteiger partial charge in [-0.2, -0.15) is 0 Å². The highest BCUT2D eigenvalue weighted by Gasteiger charge is 2.00. The van der Waals surface area contributed by atoms with Crippen molar-refractivity contribution in [1.82, 2.24) is 0 Å². The third-order valence-electron chi connectivity index (χ3n) is 4.33. The van der Waals surface area contributed by atoms with E-state index >= 15 is 0 Å². The first kappa shape index (κ1) is 20.6. The Morgan fingerprint density at radius 1 is 0.714 bits per heavy atom. The number of nitrogens with two attached hydrogens (primary N) is 1. The van der Waals surface area contributed by atoms with E-state index in [1.54, 1.807) is 0 Å². The zero-order valence-corrected chi connectivity index (χ0v) is 14.5. The van der Waals surface area contributed by atoms with Crippen molar-refractivity contribution in [3.05, 3.63) is 0 Å². The average Bonchev–Trinajstić information content (AvgIpc) is 2.48. The highest BCUT2D eigenvalue weighted by Crippen LogP contribution is 2.13. The van der Waals surface area contributed by atoms with Gasteiger partial charge < -0.3 is 10.5 Å². The molecule has 0 saturated carbocycles. The number of rotatable bonds is 17. The van der Waals surface area contributed by atoms with Crippen molar-refractivity contribution in [1.29, 1.82) is 0 Å². The van der Waals surface area contributed by atoms with Gasteiger partial charge in [0.25, 0.3) is 0 Å². The largest absolute Gasteiger partial charge is 0.327 e. The van der Waals surface area contributed by atoms with Crippen LogP contribution < -0.4 is 5.73 Å². The number of unbranched alkanes of at least 4 members (excludes halogenated alkanes) is 13. The molecule has 0 aliphatic carbocycles. The third kappa shape index (κ3) is 17.6. The van der Waals surface area contributed by atoms with Crippen molar-refractivity contribution in [2.45, 2.75) is 116 Å². The minimum Gasteiger partial charge on any atom is -0.327 e. The monoisotopic (exact) mass is 297 g/mol. The van der Waals surface area contributed by atoms with Gasteiger partial charge in [-0.1, -0.05) is 96.8 Å². The minimum atomic E-state index is 0.0971. The van der Waals surface area contributed by atoms with Crippen LogP contribution in [-0.2, 0) is 4.79 Å². The van der Waals surface area contributed by atoms with Crippen LogP contribution in [0.4, 0.5) is 0 Å². The third-order valence-corrected chi connectivity index (χ3v) is 4.33. The quantitative estimate of drug-likeness (QED) is 0.273. The first-order valence-electron chi connectivity index (χ1n) is 9.50. The summed E-state index contributed by atoms with van der Waals surface area (Å²) in [7, 11) is 0. The van der Waals surface area contributed by atoms with Crippen LogP contribution in [0.1, 0.15) is 110 Å². The van der Waals surface area contributed by atoms with Crippen molar-refractivity contribution in [2.75, 3.05) is 0 Å². The van der Waals surface area contributed by atoms with Gasteiger partial charge in [0.15, 0.2) is 0 Å². The molecular formula is C19H39NO. The summed E-state index contributed by atoms with van der Waals surface area (Å²) in [4.78, 5) is 10.3. The molecule has 0 heterocycles. The Kier molecular flexibility index (Phi) is 17.4. The molecule has 0 rings (SSSR count). The van der Waals surface area contributed by atoms with E-state index in [2.05, 4.69) is 6.92 Å². The molecule has 0 aliphatic heterocycles. The molecule has 2 heteroatoms. The summed E-state index contributed by atoms with van der Waals surface area (Å²) in [6, 6.07) is 0.0971. The molecule has 0 saturated heterocycles. The fourth-order valence-electron chi connectivity index (χ4n) is 2.84. The molecule has 0 unspecified atom stereocenters. The summed E-state index contributed by atoms with van der Waals surface area (Å²) < 4.78 is 0. The maximum atomic E-state index is 10.3. The highest BCUT2D eigenvalue weighted by molar-refractivity contribution is 5.50. The van der Waals surface area contributed by atoms with Crippen molar-refractivity contribution in [3.8, 4) is 0 Å². The molecule has 126 valence electrons. The first-order chi connectivity index (χ1) is 10.3. The van der Waals surface area contributed by atoms with Crippen LogP contribution in [0.3, 0.4) is 0 Å². The molecule has 0 bridgehead atoms. The Hall–Kier alpha value is -0.370. The van der Waals surface area contributed by atoms with E-state index in [9.17, 15) is 4.79 Å². The van der Waals surface area contributed by atoms with Crippen LogP contribution >= 0.6 is 0 Å². The molecule has 0 spiro atoms. The van der Waals surface area contributed by atoms with Gasteiger partial charge in [-0.3, -0.25) is 0 Å². The SMILES string of the molecule is CCCCCCCCCCCCCCCC[C@H](N)CC=O. The molecule has 0 aliphatic rings. The second-order valence-electron chi connectivity index (χ2n) is 6.55. The molecule has 21 heavy (non-hydrogen) atoms. The average molecular weight is 298 g/mol. The predicted octanol–water partition coefficient (Wildman–Crippen LogP) is 5.77. The summed E-state index contributed by atoms with van der Waals surface area (Å²) in [5, 5.41) is 0. The fourth-order valence-corrected chi connectivity index (χ4v) is 2.84. The maximum absolute atomic E-state index is 10.3. The number of hydrogen-bond donors (Lipinski definition) is 1. The second kappa shape index (κ2) is 17.7. The fraction of sp³-hybridized carbons (Fsp3) is 0.947. The molecule has 0 aromatic heterocycles. The number of carbonyl (C=O) groups excluding carboxylic acids is 1. The topological polar surface area (TPSA) is 43.1 Å². The van der Waals surface area contributed by atoms with Gasteiger partial charge in [-0.25, -0.2) is 0 Å². The van der Waals surface area contributed by atoms with Crippen LogP contribution in [0.25, 0.3) is 0 Å². The van der Waals surface area contributed by atoms with Crippen molar-refractivity contribution in [3.63, 3.8) is 0 Å². The predicted molar refractivity (Wildman–Crippen MR) is 93.6 cm³/mol. The van der Waals surface area contributed by atoms with E-state index in [4.69, 9.17) is 5.73 Å². The summed E-state index contributed by atoms with van der Waals surface area (Å²) in [5.74, 6) is 0. The highest BCUT2D eigenvalue weighted by atomic mass is 16.1. The van der Waals surface area contributed by atoms with E-state index in [1.165, 1.54) is 89.9 Å². The van der Waals surface area contributed by atoms with Crippen LogP contribution in [0.15, 0.2) is 0 Å². The second-order valence-corrected chi connectivity index (χ2v) is 6.55. The summed E-state index contributed by atoms with van der Waals surface area (Å²) in [5.41, 5.74) is 5.80. The lowest BCUT2D eigenvalue weighted by Crippen LogP contribution is -2.19. The van der Waals surface area contributed by atoms with Gasteiger partial charge in [0, 0.05) is 12.5 Å². The normalized spacial score (nSPS) is 12.5. The Bertz CT molecular complexity index is 206. The maximum Gasteiger partial charge on any atom is 0.121 e.